The van der Waals surface area contributed by atoms with E-state index in [1.165, 1.54) is 5.57 Å². The SMILES string of the molecule is CC1=CC[C@](Cl)(C=O)[C@H](C)C1. The molecule has 1 rings (SSSR count). The number of halogens is 1. The molecule has 0 aromatic carbocycles. The van der Waals surface area contributed by atoms with Gasteiger partial charge in [-0.3, -0.25) is 0 Å². The van der Waals surface area contributed by atoms with E-state index in [4.69, 9.17) is 11.6 Å². The summed E-state index contributed by atoms with van der Waals surface area (Å²) in [5, 5.41) is 0. The summed E-state index contributed by atoms with van der Waals surface area (Å²) in [7, 11) is 0. The Morgan fingerprint density at radius 2 is 2.45 bits per heavy atom. The van der Waals surface area contributed by atoms with Crippen LogP contribution >= 0.6 is 11.6 Å². The van der Waals surface area contributed by atoms with Crippen LogP contribution in [0.25, 0.3) is 0 Å². The molecule has 0 saturated heterocycles. The maximum atomic E-state index is 10.6. The highest BCUT2D eigenvalue weighted by atomic mass is 35.5. The molecule has 2 atom stereocenters. The minimum atomic E-state index is -0.625. The van der Waals surface area contributed by atoms with E-state index in [0.717, 1.165) is 12.7 Å². The van der Waals surface area contributed by atoms with Crippen molar-refractivity contribution in [2.75, 3.05) is 0 Å². The summed E-state index contributed by atoms with van der Waals surface area (Å²) < 4.78 is 0. The van der Waals surface area contributed by atoms with Crippen molar-refractivity contribution in [2.45, 2.75) is 31.6 Å². The molecule has 0 N–H and O–H groups in total. The highest BCUT2D eigenvalue weighted by Gasteiger charge is 2.35. The van der Waals surface area contributed by atoms with Gasteiger partial charge in [0.05, 0.1) is 0 Å². The Hall–Kier alpha value is -0.300. The first-order chi connectivity index (χ1) is 5.08. The van der Waals surface area contributed by atoms with Crippen molar-refractivity contribution in [1.29, 1.82) is 0 Å². The lowest BCUT2D eigenvalue weighted by Crippen LogP contribution is -2.33. The van der Waals surface area contributed by atoms with Gasteiger partial charge in [0, 0.05) is 0 Å². The number of aldehydes is 1. The Morgan fingerprint density at radius 1 is 1.82 bits per heavy atom. The fourth-order valence-corrected chi connectivity index (χ4v) is 1.59. The van der Waals surface area contributed by atoms with E-state index in [2.05, 4.69) is 13.0 Å². The Kier molecular flexibility index (Phi) is 2.38. The van der Waals surface area contributed by atoms with E-state index >= 15 is 0 Å². The van der Waals surface area contributed by atoms with Gasteiger partial charge in [0.15, 0.2) is 0 Å². The van der Waals surface area contributed by atoms with Crippen LogP contribution in [0.15, 0.2) is 11.6 Å². The molecule has 0 heterocycles. The van der Waals surface area contributed by atoms with E-state index in [0.29, 0.717) is 6.42 Å². The molecule has 0 aromatic heterocycles. The van der Waals surface area contributed by atoms with Gasteiger partial charge in [-0.25, -0.2) is 0 Å². The molecule has 1 nitrogen and oxygen atoms in total. The molecule has 0 amide bonds. The third-order valence-corrected chi connectivity index (χ3v) is 3.02. The van der Waals surface area contributed by atoms with Crippen LogP contribution in [0.4, 0.5) is 0 Å². The second kappa shape index (κ2) is 2.98. The van der Waals surface area contributed by atoms with Crippen molar-refractivity contribution in [1.82, 2.24) is 0 Å². The average Bonchev–Trinajstić information content (AvgIpc) is 1.98. The fourth-order valence-electron chi connectivity index (χ4n) is 1.43. The summed E-state index contributed by atoms with van der Waals surface area (Å²) in [4.78, 5) is 10.0. The van der Waals surface area contributed by atoms with Crippen LogP contribution in [-0.2, 0) is 4.79 Å². The number of alkyl halides is 1. The molecular formula is C9H13ClO. The zero-order valence-electron chi connectivity index (χ0n) is 6.93. The number of rotatable bonds is 1. The largest absolute Gasteiger partial charge is 0.301 e. The summed E-state index contributed by atoms with van der Waals surface area (Å²) in [5.74, 6) is 0.270. The van der Waals surface area contributed by atoms with Gasteiger partial charge in [-0.15, -0.1) is 11.6 Å². The van der Waals surface area contributed by atoms with Crippen LogP contribution < -0.4 is 0 Å². The summed E-state index contributed by atoms with van der Waals surface area (Å²) in [6.07, 6.45) is 4.57. The molecule has 1 aliphatic rings. The third kappa shape index (κ3) is 1.64. The Bertz CT molecular complexity index is 198. The first-order valence-corrected chi connectivity index (χ1v) is 4.27. The van der Waals surface area contributed by atoms with Gasteiger partial charge in [-0.1, -0.05) is 18.6 Å². The molecule has 0 bridgehead atoms. The van der Waals surface area contributed by atoms with Gasteiger partial charge in [0.1, 0.15) is 11.2 Å². The zero-order valence-corrected chi connectivity index (χ0v) is 7.69. The summed E-state index contributed by atoms with van der Waals surface area (Å²) in [5.41, 5.74) is 1.34. The van der Waals surface area contributed by atoms with E-state index in [1.54, 1.807) is 0 Å². The molecule has 1 aliphatic carbocycles. The maximum absolute atomic E-state index is 10.6. The standard InChI is InChI=1S/C9H13ClO/c1-7-3-4-9(10,6-11)8(2)5-7/h3,6,8H,4-5H2,1-2H3/t8-,9+/m1/s1. The molecular weight excluding hydrogens is 160 g/mol. The van der Waals surface area contributed by atoms with E-state index < -0.39 is 4.87 Å². The third-order valence-electron chi connectivity index (χ3n) is 2.41. The molecule has 0 spiro atoms. The van der Waals surface area contributed by atoms with Gasteiger partial charge in [-0.2, -0.15) is 0 Å². The average molecular weight is 173 g/mol. The monoisotopic (exact) mass is 172 g/mol. The fraction of sp³-hybridized carbons (Fsp3) is 0.667. The quantitative estimate of drug-likeness (QED) is 0.338. The lowest BCUT2D eigenvalue weighted by atomic mass is 9.81. The van der Waals surface area contributed by atoms with Crippen molar-refractivity contribution in [3.8, 4) is 0 Å². The van der Waals surface area contributed by atoms with Gasteiger partial charge < -0.3 is 4.79 Å². The number of carbonyl (C=O) groups is 1. The van der Waals surface area contributed by atoms with E-state index in [9.17, 15) is 4.79 Å². The molecule has 2 heteroatoms. The molecule has 62 valence electrons. The second-order valence-electron chi connectivity index (χ2n) is 3.40. The smallest absolute Gasteiger partial charge is 0.141 e. The van der Waals surface area contributed by atoms with Crippen LogP contribution in [0.1, 0.15) is 26.7 Å². The lowest BCUT2D eigenvalue weighted by Gasteiger charge is -2.31. The van der Waals surface area contributed by atoms with Crippen LogP contribution in [0.2, 0.25) is 0 Å². The highest BCUT2D eigenvalue weighted by Crippen LogP contribution is 2.36. The van der Waals surface area contributed by atoms with Crippen molar-refractivity contribution >= 4 is 17.9 Å². The number of allylic oxidation sites excluding steroid dienone is 2. The molecule has 0 aliphatic heterocycles. The minimum Gasteiger partial charge on any atom is -0.301 e. The van der Waals surface area contributed by atoms with Crippen molar-refractivity contribution in [3.05, 3.63) is 11.6 Å². The Morgan fingerprint density at radius 3 is 2.91 bits per heavy atom. The number of hydrogen-bond donors (Lipinski definition) is 0. The predicted octanol–water partition coefficient (Wildman–Crippen LogP) is 2.54. The molecule has 0 fully saturated rings. The van der Waals surface area contributed by atoms with Crippen molar-refractivity contribution < 1.29 is 4.79 Å². The molecule has 11 heavy (non-hydrogen) atoms. The predicted molar refractivity (Wildman–Crippen MR) is 46.8 cm³/mol. The second-order valence-corrected chi connectivity index (χ2v) is 4.11. The van der Waals surface area contributed by atoms with Gasteiger partial charge in [-0.05, 0) is 25.7 Å². The van der Waals surface area contributed by atoms with E-state index in [-0.39, 0.29) is 5.92 Å². The summed E-state index contributed by atoms with van der Waals surface area (Å²) in [6, 6.07) is 0. The van der Waals surface area contributed by atoms with Crippen molar-refractivity contribution in [3.63, 3.8) is 0 Å². The van der Waals surface area contributed by atoms with Gasteiger partial charge in [0.25, 0.3) is 0 Å². The summed E-state index contributed by atoms with van der Waals surface area (Å²) >= 11 is 6.06. The van der Waals surface area contributed by atoms with Crippen molar-refractivity contribution in [2.24, 2.45) is 5.92 Å². The van der Waals surface area contributed by atoms with Gasteiger partial charge in [0.2, 0.25) is 0 Å². The normalized spacial score (nSPS) is 38.1. The minimum absolute atomic E-state index is 0.270. The van der Waals surface area contributed by atoms with Crippen LogP contribution in [0, 0.1) is 5.92 Å². The molecule has 0 saturated carbocycles. The highest BCUT2D eigenvalue weighted by molar-refractivity contribution is 6.32. The topological polar surface area (TPSA) is 17.1 Å². The van der Waals surface area contributed by atoms with E-state index in [1.807, 2.05) is 6.92 Å². The van der Waals surface area contributed by atoms with Crippen LogP contribution in [0.3, 0.4) is 0 Å². The van der Waals surface area contributed by atoms with Crippen LogP contribution in [-0.4, -0.2) is 11.2 Å². The first kappa shape index (κ1) is 8.79. The van der Waals surface area contributed by atoms with Gasteiger partial charge >= 0.3 is 0 Å². The Balaban J connectivity index is 2.80. The maximum Gasteiger partial charge on any atom is 0.141 e. The number of carbonyl (C=O) groups excluding carboxylic acids is 1. The first-order valence-electron chi connectivity index (χ1n) is 3.89. The summed E-state index contributed by atoms with van der Waals surface area (Å²) in [6.45, 7) is 4.11. The number of hydrogen-bond acceptors (Lipinski definition) is 1. The van der Waals surface area contributed by atoms with Crippen LogP contribution in [0.5, 0.6) is 0 Å². The molecule has 0 unspecified atom stereocenters. The molecule has 0 radical (unpaired) electrons. The Labute approximate surface area is 72.4 Å². The zero-order chi connectivity index (χ0) is 8.48. The molecule has 0 aromatic rings. The lowest BCUT2D eigenvalue weighted by molar-refractivity contribution is -0.111.